The van der Waals surface area contributed by atoms with E-state index in [-0.39, 0.29) is 57.8 Å². The number of nitrogens with zero attached hydrogens (tertiary/aromatic N) is 2. The fourth-order valence-corrected chi connectivity index (χ4v) is 6.19. The number of carbonyl (C=O) groups excluding carboxylic acids is 6. The predicted molar refractivity (Wildman–Crippen MR) is 155 cm³/mol. The van der Waals surface area contributed by atoms with Crippen molar-refractivity contribution in [1.82, 2.24) is 4.90 Å². The Hall–Kier alpha value is -5.41. The molecule has 2 fully saturated rings. The zero-order chi connectivity index (χ0) is 34.2. The molecular weight excluding hydrogens is 641 g/mol. The molecule has 0 aromatic heterocycles. The van der Waals surface area contributed by atoms with Crippen LogP contribution in [0.1, 0.15) is 73.3 Å². The summed E-state index contributed by atoms with van der Waals surface area (Å²) in [6.07, 6.45) is -8.11. The second-order valence-electron chi connectivity index (χ2n) is 11.7. The lowest BCUT2D eigenvalue weighted by atomic mass is 10.1. The Bertz CT molecular complexity index is 1970. The summed E-state index contributed by atoms with van der Waals surface area (Å²) in [6, 6.07) is 10.5. The van der Waals surface area contributed by atoms with Gasteiger partial charge in [-0.25, -0.2) is 14.5 Å². The van der Waals surface area contributed by atoms with Crippen LogP contribution in [-0.4, -0.2) is 85.1 Å². The van der Waals surface area contributed by atoms with Crippen LogP contribution in [0.5, 0.6) is 0 Å². The summed E-state index contributed by atoms with van der Waals surface area (Å²) in [7, 11) is 1.34. The largest absolute Gasteiger partial charge is 0.453 e. The van der Waals surface area contributed by atoms with Crippen molar-refractivity contribution in [2.75, 3.05) is 25.2 Å². The number of rotatable bonds is 5. The van der Waals surface area contributed by atoms with Crippen molar-refractivity contribution in [2.45, 2.75) is 37.5 Å². The van der Waals surface area contributed by atoms with Crippen LogP contribution in [0.2, 0.25) is 0 Å². The van der Waals surface area contributed by atoms with Crippen LogP contribution >= 0.6 is 0 Å². The smallest absolute Gasteiger partial charge is 0.416 e. The summed E-state index contributed by atoms with van der Waals surface area (Å²) in [5, 5.41) is 0. The third-order valence-electron chi connectivity index (χ3n) is 8.57. The van der Waals surface area contributed by atoms with Crippen molar-refractivity contribution in [3.8, 4) is 0 Å². The predicted octanol–water partition coefficient (Wildman–Crippen LogP) is 3.59. The molecule has 4 aliphatic heterocycles. The Morgan fingerprint density at radius 3 is 1.73 bits per heavy atom. The molecule has 0 radical (unpaired) electrons. The summed E-state index contributed by atoms with van der Waals surface area (Å²) in [5.74, 6) is -4.42. The van der Waals surface area contributed by atoms with E-state index < -0.39 is 71.7 Å². The van der Waals surface area contributed by atoms with Gasteiger partial charge in [0.25, 0.3) is 23.6 Å². The Balaban J connectivity index is 1.02. The van der Waals surface area contributed by atoms with Gasteiger partial charge in [0.05, 0.1) is 57.8 Å². The highest BCUT2D eigenvalue weighted by molar-refractivity contribution is 6.34. The van der Waals surface area contributed by atoms with Gasteiger partial charge in [-0.1, -0.05) is 0 Å². The van der Waals surface area contributed by atoms with E-state index in [4.69, 9.17) is 18.9 Å². The third-order valence-corrected chi connectivity index (χ3v) is 8.57. The van der Waals surface area contributed by atoms with E-state index in [0.717, 1.165) is 17.0 Å². The van der Waals surface area contributed by atoms with Gasteiger partial charge in [-0.15, -0.1) is 0 Å². The molecular formula is C33H23F3N2O10. The number of hydrogen-bond acceptors (Lipinski definition) is 10. The first-order chi connectivity index (χ1) is 22.7. The molecule has 246 valence electrons. The van der Waals surface area contributed by atoms with E-state index in [9.17, 15) is 41.9 Å². The lowest BCUT2D eigenvalue weighted by Crippen LogP contribution is -2.36. The van der Waals surface area contributed by atoms with E-state index in [0.29, 0.717) is 11.0 Å². The molecule has 12 nitrogen and oxygen atoms in total. The van der Waals surface area contributed by atoms with Gasteiger partial charge in [0.1, 0.15) is 12.2 Å². The first kappa shape index (κ1) is 31.2. The molecule has 48 heavy (non-hydrogen) atoms. The summed E-state index contributed by atoms with van der Waals surface area (Å²) in [4.78, 5) is 78.4. The van der Waals surface area contributed by atoms with Crippen molar-refractivity contribution in [2.24, 2.45) is 0 Å². The Labute approximate surface area is 268 Å². The number of imide groups is 2. The van der Waals surface area contributed by atoms with Gasteiger partial charge in [0, 0.05) is 7.05 Å². The molecule has 3 aromatic carbocycles. The summed E-state index contributed by atoms with van der Waals surface area (Å²) < 4.78 is 62.8. The number of hydrogen-bond donors (Lipinski definition) is 0. The lowest BCUT2D eigenvalue weighted by molar-refractivity contribution is -0.137. The maximum atomic E-state index is 13.4. The zero-order valence-electron chi connectivity index (χ0n) is 25.0. The number of esters is 2. The molecule has 0 N–H and O–H groups in total. The standard InChI is InChI=1S/C33H23F3N2O10/c1-14-7-17(33(34,35)36)11-18(8-14)38-29(41)20-6-4-16(10-22(20)30(38)42)32(44)48-24-13-46-25-23(12-45-26(24)25)47-31(43)15-3-5-19-21(9-15)28(40)37(2)27(19)39/h3-11,23-26H,12-13H2,1-2H3/t23-,24+,25-,26-/m1/s1. The first-order valence-corrected chi connectivity index (χ1v) is 14.6. The second-order valence-corrected chi connectivity index (χ2v) is 11.7. The number of carbonyl (C=O) groups is 6. The third kappa shape index (κ3) is 5.02. The van der Waals surface area contributed by atoms with E-state index in [2.05, 4.69) is 0 Å². The minimum atomic E-state index is -4.70. The quantitative estimate of drug-likeness (QED) is 0.293. The van der Waals surface area contributed by atoms with Crippen molar-refractivity contribution >= 4 is 41.3 Å². The fraction of sp³-hybridized carbons (Fsp3) is 0.273. The summed E-state index contributed by atoms with van der Waals surface area (Å²) >= 11 is 0. The lowest BCUT2D eigenvalue weighted by Gasteiger charge is -2.17. The first-order valence-electron chi connectivity index (χ1n) is 14.6. The molecule has 4 amide bonds. The Kier molecular flexibility index (Phi) is 7.21. The number of anilines is 1. The van der Waals surface area contributed by atoms with Gasteiger partial charge in [-0.2, -0.15) is 13.2 Å². The summed E-state index contributed by atoms with van der Waals surface area (Å²) in [5.41, 5.74) is -1.16. The van der Waals surface area contributed by atoms with E-state index in [1.165, 1.54) is 50.4 Å². The molecule has 0 aliphatic carbocycles. The van der Waals surface area contributed by atoms with E-state index in [1.54, 1.807) is 0 Å². The highest BCUT2D eigenvalue weighted by Gasteiger charge is 2.51. The van der Waals surface area contributed by atoms with Gasteiger partial charge < -0.3 is 18.9 Å². The monoisotopic (exact) mass is 664 g/mol. The number of ether oxygens (including phenoxy) is 4. The van der Waals surface area contributed by atoms with Crippen molar-refractivity contribution in [3.63, 3.8) is 0 Å². The minimum absolute atomic E-state index is 0.0426. The number of benzene rings is 3. The van der Waals surface area contributed by atoms with Gasteiger partial charge in [0.15, 0.2) is 12.2 Å². The molecule has 0 bridgehead atoms. The molecule has 0 unspecified atom stereocenters. The SMILES string of the molecule is Cc1cc(N2C(=O)c3ccc(C(=O)O[C@H]4CO[C@H]5[C@@H]4OC[C@H]5OC(=O)c4ccc5c(c4)C(=O)N(C)C5=O)cc3C2=O)cc(C(F)(F)F)c1. The van der Waals surface area contributed by atoms with Gasteiger partial charge in [0.2, 0.25) is 0 Å². The van der Waals surface area contributed by atoms with Crippen LogP contribution in [0.25, 0.3) is 0 Å². The average molecular weight is 665 g/mol. The molecule has 4 heterocycles. The van der Waals surface area contributed by atoms with Crippen LogP contribution in [-0.2, 0) is 25.1 Å². The highest BCUT2D eigenvalue weighted by Crippen LogP contribution is 2.37. The Morgan fingerprint density at radius 1 is 0.708 bits per heavy atom. The van der Waals surface area contributed by atoms with Gasteiger partial charge in [-0.3, -0.25) is 24.1 Å². The zero-order valence-corrected chi connectivity index (χ0v) is 25.0. The van der Waals surface area contributed by atoms with Crippen LogP contribution in [0, 0.1) is 6.92 Å². The molecule has 2 saturated heterocycles. The number of aryl methyl sites for hydroxylation is 1. The Morgan fingerprint density at radius 2 is 1.19 bits per heavy atom. The molecule has 15 heteroatoms. The van der Waals surface area contributed by atoms with E-state index in [1.807, 2.05) is 0 Å². The normalized spacial score (nSPS) is 23.0. The summed E-state index contributed by atoms with van der Waals surface area (Å²) in [6.45, 7) is 1.21. The maximum absolute atomic E-state index is 13.4. The number of amides is 4. The molecule has 4 atom stereocenters. The maximum Gasteiger partial charge on any atom is 0.416 e. The minimum Gasteiger partial charge on any atom is -0.453 e. The number of fused-ring (bicyclic) bond motifs is 3. The second kappa shape index (κ2) is 11.1. The molecule has 0 spiro atoms. The van der Waals surface area contributed by atoms with Gasteiger partial charge in [-0.05, 0) is 67.1 Å². The fourth-order valence-electron chi connectivity index (χ4n) is 6.19. The molecule has 3 aromatic rings. The highest BCUT2D eigenvalue weighted by atomic mass is 19.4. The van der Waals surface area contributed by atoms with Crippen LogP contribution in [0.4, 0.5) is 18.9 Å². The number of alkyl halides is 3. The van der Waals surface area contributed by atoms with Crippen molar-refractivity contribution in [1.29, 1.82) is 0 Å². The van der Waals surface area contributed by atoms with Crippen LogP contribution in [0.15, 0.2) is 54.6 Å². The van der Waals surface area contributed by atoms with Gasteiger partial charge >= 0.3 is 18.1 Å². The topological polar surface area (TPSA) is 146 Å². The number of halogens is 3. The molecule has 0 saturated carbocycles. The van der Waals surface area contributed by atoms with Crippen LogP contribution in [0.3, 0.4) is 0 Å². The van der Waals surface area contributed by atoms with Crippen LogP contribution < -0.4 is 4.90 Å². The average Bonchev–Trinajstić information content (AvgIpc) is 3.76. The van der Waals surface area contributed by atoms with Crippen molar-refractivity contribution < 1.29 is 60.9 Å². The van der Waals surface area contributed by atoms with E-state index >= 15 is 0 Å². The molecule has 4 aliphatic rings. The molecule has 7 rings (SSSR count). The van der Waals surface area contributed by atoms with Crippen molar-refractivity contribution in [3.05, 3.63) is 99.1 Å².